The van der Waals surface area contributed by atoms with Gasteiger partial charge < -0.3 is 5.32 Å². The van der Waals surface area contributed by atoms with Crippen molar-refractivity contribution in [3.8, 4) is 11.4 Å². The zero-order chi connectivity index (χ0) is 14.1. The molecule has 0 aliphatic carbocycles. The molecule has 3 nitrogen and oxygen atoms in total. The highest BCUT2D eigenvalue weighted by atomic mass is 19.1. The van der Waals surface area contributed by atoms with Gasteiger partial charge in [0.25, 0.3) is 0 Å². The van der Waals surface area contributed by atoms with Gasteiger partial charge in [0.1, 0.15) is 17.5 Å². The number of hydrogen-bond donors (Lipinski definition) is 1. The third-order valence-electron chi connectivity index (χ3n) is 3.03. The summed E-state index contributed by atoms with van der Waals surface area (Å²) in [5.74, 6) is -0.790. The Balaban J connectivity index is 2.32. The molecule has 5 heteroatoms. The van der Waals surface area contributed by atoms with E-state index in [0.717, 1.165) is 5.39 Å². The van der Waals surface area contributed by atoms with Crippen molar-refractivity contribution >= 4 is 16.7 Å². The van der Waals surface area contributed by atoms with Crippen LogP contribution in [-0.4, -0.2) is 17.0 Å². The summed E-state index contributed by atoms with van der Waals surface area (Å²) in [6.07, 6.45) is 0. The van der Waals surface area contributed by atoms with E-state index in [0.29, 0.717) is 11.3 Å². The largest absolute Gasteiger partial charge is 0.373 e. The van der Waals surface area contributed by atoms with Gasteiger partial charge in [-0.05, 0) is 24.3 Å². The van der Waals surface area contributed by atoms with Gasteiger partial charge >= 0.3 is 0 Å². The van der Waals surface area contributed by atoms with E-state index < -0.39 is 11.6 Å². The quantitative estimate of drug-likeness (QED) is 0.773. The normalized spacial score (nSPS) is 10.8. The second-order valence-corrected chi connectivity index (χ2v) is 4.26. The minimum absolute atomic E-state index is 0.0312. The molecule has 1 aromatic heterocycles. The van der Waals surface area contributed by atoms with Gasteiger partial charge in [-0.15, -0.1) is 0 Å². The number of fused-ring (bicyclic) bond motifs is 1. The fraction of sp³-hybridized carbons (Fsp3) is 0.0667. The molecule has 0 unspecified atom stereocenters. The first-order valence-electron chi connectivity index (χ1n) is 6.09. The van der Waals surface area contributed by atoms with E-state index in [2.05, 4.69) is 15.3 Å². The molecular weight excluding hydrogens is 260 g/mol. The summed E-state index contributed by atoms with van der Waals surface area (Å²) in [6.45, 7) is 0. The molecule has 20 heavy (non-hydrogen) atoms. The Morgan fingerprint density at radius 2 is 1.60 bits per heavy atom. The van der Waals surface area contributed by atoms with Gasteiger partial charge in [0.05, 0.1) is 11.1 Å². The molecule has 2 aromatic carbocycles. The zero-order valence-corrected chi connectivity index (χ0v) is 10.7. The van der Waals surface area contributed by atoms with Crippen LogP contribution in [0, 0.1) is 11.6 Å². The van der Waals surface area contributed by atoms with Gasteiger partial charge in [-0.2, -0.15) is 0 Å². The molecule has 1 N–H and O–H groups in total. The summed E-state index contributed by atoms with van der Waals surface area (Å²) in [5, 5.41) is 3.72. The minimum Gasteiger partial charge on any atom is -0.373 e. The minimum atomic E-state index is -0.678. The third kappa shape index (κ3) is 1.97. The second-order valence-electron chi connectivity index (χ2n) is 4.26. The molecule has 0 bridgehead atoms. The van der Waals surface area contributed by atoms with E-state index in [9.17, 15) is 8.78 Å². The second kappa shape index (κ2) is 4.85. The molecule has 3 rings (SSSR count). The lowest BCUT2D eigenvalue weighted by molar-refractivity contribution is 0.587. The number of rotatable bonds is 2. The average molecular weight is 271 g/mol. The average Bonchev–Trinajstić information content (AvgIpc) is 2.46. The van der Waals surface area contributed by atoms with Crippen LogP contribution in [-0.2, 0) is 0 Å². The van der Waals surface area contributed by atoms with Gasteiger partial charge in [0.15, 0.2) is 5.82 Å². The molecule has 0 aliphatic heterocycles. The lowest BCUT2D eigenvalue weighted by Gasteiger charge is -2.09. The highest BCUT2D eigenvalue weighted by Crippen LogP contribution is 2.27. The first kappa shape index (κ1) is 12.5. The summed E-state index contributed by atoms with van der Waals surface area (Å²) < 4.78 is 27.7. The van der Waals surface area contributed by atoms with Crippen LogP contribution in [0.3, 0.4) is 0 Å². The molecule has 0 aliphatic rings. The smallest absolute Gasteiger partial charge is 0.168 e. The van der Waals surface area contributed by atoms with E-state index >= 15 is 0 Å². The number of hydrogen-bond acceptors (Lipinski definition) is 3. The summed E-state index contributed by atoms with van der Waals surface area (Å²) in [6, 6.07) is 11.0. The Kier molecular flexibility index (Phi) is 3.02. The van der Waals surface area contributed by atoms with Crippen LogP contribution in [0.1, 0.15) is 0 Å². The number of halogens is 2. The van der Waals surface area contributed by atoms with E-state index in [1.165, 1.54) is 18.2 Å². The first-order valence-corrected chi connectivity index (χ1v) is 6.09. The molecular formula is C15H11F2N3. The summed E-state index contributed by atoms with van der Waals surface area (Å²) in [4.78, 5) is 8.45. The van der Waals surface area contributed by atoms with Crippen molar-refractivity contribution in [1.29, 1.82) is 0 Å². The number of anilines is 1. The maximum Gasteiger partial charge on any atom is 0.168 e. The fourth-order valence-electron chi connectivity index (χ4n) is 2.09. The molecule has 1 heterocycles. The Morgan fingerprint density at radius 3 is 2.30 bits per heavy atom. The van der Waals surface area contributed by atoms with Crippen molar-refractivity contribution < 1.29 is 8.78 Å². The Labute approximate surface area is 114 Å². The topological polar surface area (TPSA) is 37.8 Å². The summed E-state index contributed by atoms with van der Waals surface area (Å²) in [5.41, 5.74) is 0.416. The number of aromatic nitrogens is 2. The highest BCUT2D eigenvalue weighted by molar-refractivity contribution is 5.90. The van der Waals surface area contributed by atoms with Crippen LogP contribution >= 0.6 is 0 Å². The number of nitrogens with one attached hydrogen (secondary N) is 1. The molecule has 0 saturated heterocycles. The van der Waals surface area contributed by atoms with Crippen LogP contribution in [0.2, 0.25) is 0 Å². The number of benzene rings is 2. The molecule has 0 fully saturated rings. The van der Waals surface area contributed by atoms with Gasteiger partial charge in [0, 0.05) is 12.4 Å². The number of para-hydroxylation sites is 1. The fourth-order valence-corrected chi connectivity index (χ4v) is 2.09. The van der Waals surface area contributed by atoms with Crippen LogP contribution in [0.25, 0.3) is 22.3 Å². The number of nitrogens with zero attached hydrogens (tertiary/aromatic N) is 2. The Bertz CT molecular complexity index is 767. The molecule has 0 saturated carbocycles. The Hall–Kier alpha value is -2.56. The molecule has 3 aromatic rings. The predicted molar refractivity (Wildman–Crippen MR) is 74.4 cm³/mol. The first-order chi connectivity index (χ1) is 9.70. The van der Waals surface area contributed by atoms with Crippen molar-refractivity contribution in [3.63, 3.8) is 0 Å². The molecule has 0 radical (unpaired) electrons. The SMILES string of the molecule is CNc1nc(-c2c(F)cccc2F)nc2ccccc12. The van der Waals surface area contributed by atoms with Crippen molar-refractivity contribution in [3.05, 3.63) is 54.1 Å². The Morgan fingerprint density at radius 1 is 0.900 bits per heavy atom. The zero-order valence-electron chi connectivity index (χ0n) is 10.7. The van der Waals surface area contributed by atoms with Crippen LogP contribution < -0.4 is 5.32 Å². The highest BCUT2D eigenvalue weighted by Gasteiger charge is 2.16. The maximum atomic E-state index is 13.8. The van der Waals surface area contributed by atoms with E-state index in [1.54, 1.807) is 13.1 Å². The van der Waals surface area contributed by atoms with Gasteiger partial charge in [-0.25, -0.2) is 18.7 Å². The standard InChI is InChI=1S/C15H11F2N3/c1-18-14-9-5-2-3-8-12(9)19-15(20-14)13-10(16)6-4-7-11(13)17/h2-8H,1H3,(H,18,19,20). The van der Waals surface area contributed by atoms with E-state index in [-0.39, 0.29) is 11.4 Å². The van der Waals surface area contributed by atoms with Crippen molar-refractivity contribution in [2.45, 2.75) is 0 Å². The predicted octanol–water partition coefficient (Wildman–Crippen LogP) is 3.62. The van der Waals surface area contributed by atoms with Gasteiger partial charge in [-0.1, -0.05) is 18.2 Å². The van der Waals surface area contributed by atoms with Crippen molar-refractivity contribution in [2.24, 2.45) is 0 Å². The lowest BCUT2D eigenvalue weighted by Crippen LogP contribution is -2.01. The summed E-state index contributed by atoms with van der Waals surface area (Å²) in [7, 11) is 1.70. The molecule has 0 amide bonds. The molecule has 0 atom stereocenters. The lowest BCUT2D eigenvalue weighted by atomic mass is 10.1. The van der Waals surface area contributed by atoms with E-state index in [1.807, 2.05) is 18.2 Å². The van der Waals surface area contributed by atoms with Crippen LogP contribution in [0.4, 0.5) is 14.6 Å². The van der Waals surface area contributed by atoms with Crippen LogP contribution in [0.5, 0.6) is 0 Å². The summed E-state index contributed by atoms with van der Waals surface area (Å²) >= 11 is 0. The monoisotopic (exact) mass is 271 g/mol. The molecule has 0 spiro atoms. The van der Waals surface area contributed by atoms with Gasteiger partial charge in [-0.3, -0.25) is 0 Å². The van der Waals surface area contributed by atoms with Crippen LogP contribution in [0.15, 0.2) is 42.5 Å². The maximum absolute atomic E-state index is 13.8. The van der Waals surface area contributed by atoms with E-state index in [4.69, 9.17) is 0 Å². The molecule has 100 valence electrons. The van der Waals surface area contributed by atoms with Crippen molar-refractivity contribution in [1.82, 2.24) is 9.97 Å². The van der Waals surface area contributed by atoms with Gasteiger partial charge in [0.2, 0.25) is 0 Å². The third-order valence-corrected chi connectivity index (χ3v) is 3.03. The van der Waals surface area contributed by atoms with Crippen molar-refractivity contribution in [2.75, 3.05) is 12.4 Å².